The fraction of sp³-hybridized carbons (Fsp3) is 0.273. The van der Waals surface area contributed by atoms with E-state index in [9.17, 15) is 9.18 Å². The highest BCUT2D eigenvalue weighted by atomic mass is 35.5. The molecule has 1 aromatic carbocycles. The molecule has 2 rings (SSSR count). The summed E-state index contributed by atoms with van der Waals surface area (Å²) in [6.07, 6.45) is 0. The van der Waals surface area contributed by atoms with Gasteiger partial charge in [-0.2, -0.15) is 0 Å². The molecule has 0 atom stereocenters. The van der Waals surface area contributed by atoms with E-state index < -0.39 is 11.8 Å². The smallest absolute Gasteiger partial charge is 0.313 e. The molecule has 1 heterocycles. The maximum absolute atomic E-state index is 13.4. The second-order valence-corrected chi connectivity index (χ2v) is 4.93. The van der Waals surface area contributed by atoms with Crippen molar-refractivity contribution in [1.82, 2.24) is 9.55 Å². The highest BCUT2D eigenvalue weighted by Gasteiger charge is 2.14. The van der Waals surface area contributed by atoms with E-state index in [4.69, 9.17) is 16.7 Å². The maximum Gasteiger partial charge on any atom is 0.313 e. The third kappa shape index (κ3) is 2.44. The van der Waals surface area contributed by atoms with Crippen molar-refractivity contribution in [2.24, 2.45) is 0 Å². The minimum atomic E-state index is -0.918. The van der Waals surface area contributed by atoms with Gasteiger partial charge >= 0.3 is 5.97 Å². The molecular weight excluding hydrogens is 279 g/mol. The molecule has 0 bridgehead atoms. The topological polar surface area (TPSA) is 55.1 Å². The van der Waals surface area contributed by atoms with Gasteiger partial charge in [0, 0.05) is 12.6 Å². The summed E-state index contributed by atoms with van der Waals surface area (Å²) in [6.45, 7) is 2.47. The molecule has 0 unspecified atom stereocenters. The number of benzene rings is 1. The Hall–Kier alpha value is -1.27. The average Bonchev–Trinajstić information content (AvgIpc) is 2.64. The SMILES string of the molecule is CCn1c(SCC(=O)O)nc2cc(Cl)c(F)cc21. The number of carbonyl (C=O) groups is 1. The number of halogens is 2. The van der Waals surface area contributed by atoms with Crippen LogP contribution < -0.4 is 0 Å². The molecule has 4 nitrogen and oxygen atoms in total. The number of fused-ring (bicyclic) bond motifs is 1. The highest BCUT2D eigenvalue weighted by Crippen LogP contribution is 2.27. The Morgan fingerprint density at radius 3 is 2.94 bits per heavy atom. The van der Waals surface area contributed by atoms with Crippen LogP contribution in [0.3, 0.4) is 0 Å². The Labute approximate surface area is 112 Å². The van der Waals surface area contributed by atoms with Gasteiger partial charge in [-0.15, -0.1) is 0 Å². The molecule has 2 aromatic rings. The van der Waals surface area contributed by atoms with E-state index >= 15 is 0 Å². The Morgan fingerprint density at radius 1 is 1.61 bits per heavy atom. The number of thioether (sulfide) groups is 1. The average molecular weight is 289 g/mol. The third-order valence-electron chi connectivity index (χ3n) is 2.40. The molecule has 0 aliphatic rings. The van der Waals surface area contributed by atoms with Crippen molar-refractivity contribution in [2.75, 3.05) is 5.75 Å². The van der Waals surface area contributed by atoms with Crippen LogP contribution in [-0.2, 0) is 11.3 Å². The van der Waals surface area contributed by atoms with Crippen molar-refractivity contribution < 1.29 is 14.3 Å². The number of aromatic nitrogens is 2. The van der Waals surface area contributed by atoms with Crippen LogP contribution in [0, 0.1) is 5.82 Å². The van der Waals surface area contributed by atoms with Crippen molar-refractivity contribution in [3.8, 4) is 0 Å². The van der Waals surface area contributed by atoms with E-state index in [-0.39, 0.29) is 10.8 Å². The van der Waals surface area contributed by atoms with E-state index in [1.165, 1.54) is 12.1 Å². The number of aliphatic carboxylic acids is 1. The zero-order valence-electron chi connectivity index (χ0n) is 9.48. The molecule has 0 amide bonds. The Kier molecular flexibility index (Phi) is 3.77. The van der Waals surface area contributed by atoms with Gasteiger partial charge in [-0.25, -0.2) is 9.37 Å². The van der Waals surface area contributed by atoms with Crippen molar-refractivity contribution in [1.29, 1.82) is 0 Å². The first-order chi connectivity index (χ1) is 8.52. The molecule has 0 spiro atoms. The second kappa shape index (κ2) is 5.16. The minimum Gasteiger partial charge on any atom is -0.481 e. The Balaban J connectivity index is 2.50. The summed E-state index contributed by atoms with van der Waals surface area (Å²) < 4.78 is 15.2. The van der Waals surface area contributed by atoms with E-state index in [0.29, 0.717) is 22.7 Å². The summed E-state index contributed by atoms with van der Waals surface area (Å²) in [6, 6.07) is 2.77. The van der Waals surface area contributed by atoms with Gasteiger partial charge < -0.3 is 9.67 Å². The van der Waals surface area contributed by atoms with Gasteiger partial charge in [0.2, 0.25) is 0 Å². The van der Waals surface area contributed by atoms with Gasteiger partial charge in [0.1, 0.15) is 5.82 Å². The number of hydrogen-bond acceptors (Lipinski definition) is 3. The molecule has 1 N–H and O–H groups in total. The number of nitrogens with zero attached hydrogens (tertiary/aromatic N) is 2. The van der Waals surface area contributed by atoms with Crippen LogP contribution in [0.2, 0.25) is 5.02 Å². The number of imidazole rings is 1. The highest BCUT2D eigenvalue weighted by molar-refractivity contribution is 7.99. The first-order valence-electron chi connectivity index (χ1n) is 5.22. The number of carboxylic acids is 1. The largest absolute Gasteiger partial charge is 0.481 e. The molecule has 0 saturated carbocycles. The summed E-state index contributed by atoms with van der Waals surface area (Å²) in [7, 11) is 0. The van der Waals surface area contributed by atoms with Crippen LogP contribution in [0.15, 0.2) is 17.3 Å². The third-order valence-corrected chi connectivity index (χ3v) is 3.65. The van der Waals surface area contributed by atoms with E-state index in [1.54, 1.807) is 4.57 Å². The molecule has 1 aromatic heterocycles. The number of hydrogen-bond donors (Lipinski definition) is 1. The fourth-order valence-corrected chi connectivity index (χ4v) is 2.60. The normalized spacial score (nSPS) is 11.1. The van der Waals surface area contributed by atoms with Gasteiger partial charge in [-0.1, -0.05) is 23.4 Å². The molecule has 7 heteroatoms. The van der Waals surface area contributed by atoms with E-state index in [1.807, 2.05) is 6.92 Å². The zero-order valence-corrected chi connectivity index (χ0v) is 11.1. The second-order valence-electron chi connectivity index (χ2n) is 3.58. The molecule has 18 heavy (non-hydrogen) atoms. The Morgan fingerprint density at radius 2 is 2.33 bits per heavy atom. The number of aryl methyl sites for hydroxylation is 1. The molecule has 0 fully saturated rings. The van der Waals surface area contributed by atoms with E-state index in [0.717, 1.165) is 11.8 Å². The van der Waals surface area contributed by atoms with E-state index in [2.05, 4.69) is 4.98 Å². The summed E-state index contributed by atoms with van der Waals surface area (Å²) in [5.74, 6) is -1.51. The number of rotatable bonds is 4. The lowest BCUT2D eigenvalue weighted by molar-refractivity contribution is -0.133. The zero-order chi connectivity index (χ0) is 13.3. The van der Waals surface area contributed by atoms with Crippen LogP contribution >= 0.6 is 23.4 Å². The van der Waals surface area contributed by atoms with Crippen LogP contribution in [0.5, 0.6) is 0 Å². The molecule has 0 aliphatic carbocycles. The first-order valence-corrected chi connectivity index (χ1v) is 6.59. The minimum absolute atomic E-state index is 0.0121. The quantitative estimate of drug-likeness (QED) is 0.879. The van der Waals surface area contributed by atoms with Gasteiger partial charge in [0.05, 0.1) is 21.8 Å². The monoisotopic (exact) mass is 288 g/mol. The molecule has 0 aliphatic heterocycles. The molecular formula is C11H10ClFN2O2S. The molecule has 96 valence electrons. The summed E-state index contributed by atoms with van der Waals surface area (Å²) in [5, 5.41) is 9.23. The number of carboxylic acid groups (broad SMARTS) is 1. The van der Waals surface area contributed by atoms with Crippen LogP contribution in [0.4, 0.5) is 4.39 Å². The standard InChI is InChI=1S/C11H10ClFN2O2S/c1-2-15-9-4-7(13)6(12)3-8(9)14-11(15)18-5-10(16)17/h3-4H,2,5H2,1H3,(H,16,17). The summed E-state index contributed by atoms with van der Waals surface area (Å²) in [5.41, 5.74) is 1.18. The maximum atomic E-state index is 13.4. The fourth-order valence-electron chi connectivity index (χ4n) is 1.64. The predicted octanol–water partition coefficient (Wildman–Crippen LogP) is 3.03. The van der Waals surface area contributed by atoms with Crippen molar-refractivity contribution in [3.05, 3.63) is 23.0 Å². The lowest BCUT2D eigenvalue weighted by Crippen LogP contribution is -2.02. The summed E-state index contributed by atoms with van der Waals surface area (Å²) in [4.78, 5) is 14.8. The van der Waals surface area contributed by atoms with Gasteiger partial charge in [-0.05, 0) is 13.0 Å². The van der Waals surface area contributed by atoms with Crippen molar-refractivity contribution >= 4 is 40.4 Å². The van der Waals surface area contributed by atoms with Gasteiger partial charge in [0.15, 0.2) is 5.16 Å². The van der Waals surface area contributed by atoms with Crippen LogP contribution in [0.1, 0.15) is 6.92 Å². The Bertz CT molecular complexity index is 615. The van der Waals surface area contributed by atoms with Crippen LogP contribution in [0.25, 0.3) is 11.0 Å². The first kappa shape index (κ1) is 13.2. The molecule has 0 saturated heterocycles. The summed E-state index contributed by atoms with van der Waals surface area (Å²) >= 11 is 6.80. The van der Waals surface area contributed by atoms with Crippen LogP contribution in [-0.4, -0.2) is 26.4 Å². The molecule has 0 radical (unpaired) electrons. The lowest BCUT2D eigenvalue weighted by atomic mass is 10.3. The predicted molar refractivity (Wildman–Crippen MR) is 68.7 cm³/mol. The van der Waals surface area contributed by atoms with Crippen molar-refractivity contribution in [3.63, 3.8) is 0 Å². The lowest BCUT2D eigenvalue weighted by Gasteiger charge is -2.04. The van der Waals surface area contributed by atoms with Crippen molar-refractivity contribution in [2.45, 2.75) is 18.6 Å². The van der Waals surface area contributed by atoms with Gasteiger partial charge in [-0.3, -0.25) is 4.79 Å². The van der Waals surface area contributed by atoms with Gasteiger partial charge in [0.25, 0.3) is 0 Å².